The number of nitrogens with zero attached hydrogens (tertiary/aromatic N) is 1. The van der Waals surface area contributed by atoms with E-state index in [4.69, 9.17) is 9.47 Å². The number of hydrogen-bond donors (Lipinski definition) is 1. The Kier molecular flexibility index (Phi) is 8.68. The number of ether oxygens (including phenoxy) is 2. The van der Waals surface area contributed by atoms with Crippen molar-refractivity contribution >= 4 is 22.6 Å². The standard InChI is InChI=1S/C39H42N2O3/c1-25-28(4)41(24-29-16-18-30(19-17-29)34-14-9-10-15-35(34)38(42)44-39(5,6)7)37-21-20-32(23-36(25)37)27(3)40-26(2)31-12-11-13-33(22-31)43-8/h9-23,26,40H,3,24H2,1-2,4-8H3/t26-/m0/s1. The lowest BCUT2D eigenvalue weighted by Gasteiger charge is -2.20. The number of aryl methyl sites for hydroxylation is 1. The van der Waals surface area contributed by atoms with Crippen LogP contribution in [0.1, 0.15) is 72.0 Å². The lowest BCUT2D eigenvalue weighted by Crippen LogP contribution is -2.24. The van der Waals surface area contributed by atoms with Gasteiger partial charge in [-0.15, -0.1) is 0 Å². The van der Waals surface area contributed by atoms with Gasteiger partial charge in [-0.3, -0.25) is 0 Å². The number of hydrogen-bond acceptors (Lipinski definition) is 4. The fourth-order valence-electron chi connectivity index (χ4n) is 5.60. The van der Waals surface area contributed by atoms with Crippen LogP contribution in [0.4, 0.5) is 0 Å². The molecule has 0 spiro atoms. The number of carbonyl (C=O) groups is 1. The third-order valence-electron chi connectivity index (χ3n) is 8.12. The highest BCUT2D eigenvalue weighted by atomic mass is 16.6. The zero-order valence-corrected chi connectivity index (χ0v) is 26.8. The molecule has 0 fully saturated rings. The number of nitrogens with one attached hydrogen (secondary N) is 1. The predicted molar refractivity (Wildman–Crippen MR) is 181 cm³/mol. The van der Waals surface area contributed by atoms with E-state index >= 15 is 0 Å². The normalized spacial score (nSPS) is 12.2. The van der Waals surface area contributed by atoms with Crippen molar-refractivity contribution in [3.05, 3.63) is 131 Å². The molecule has 5 aromatic rings. The van der Waals surface area contributed by atoms with Crippen molar-refractivity contribution in [3.8, 4) is 16.9 Å². The van der Waals surface area contributed by atoms with E-state index < -0.39 is 5.60 Å². The largest absolute Gasteiger partial charge is 0.497 e. The highest BCUT2D eigenvalue weighted by molar-refractivity contribution is 5.97. The molecule has 0 amide bonds. The van der Waals surface area contributed by atoms with E-state index in [2.05, 4.69) is 85.8 Å². The van der Waals surface area contributed by atoms with Gasteiger partial charge in [-0.25, -0.2) is 4.79 Å². The van der Waals surface area contributed by atoms with Gasteiger partial charge in [0.05, 0.1) is 12.7 Å². The van der Waals surface area contributed by atoms with Gasteiger partial charge in [0.25, 0.3) is 0 Å². The molecule has 0 aliphatic rings. The van der Waals surface area contributed by atoms with Gasteiger partial charge in [0.2, 0.25) is 0 Å². The van der Waals surface area contributed by atoms with Gasteiger partial charge in [-0.05, 0) is 105 Å². The minimum Gasteiger partial charge on any atom is -0.497 e. The number of benzene rings is 4. The third kappa shape index (κ3) is 6.57. The second kappa shape index (κ2) is 12.5. The van der Waals surface area contributed by atoms with Crippen LogP contribution in [0, 0.1) is 13.8 Å². The molecule has 44 heavy (non-hydrogen) atoms. The molecule has 1 atom stereocenters. The summed E-state index contributed by atoms with van der Waals surface area (Å²) in [5, 5.41) is 4.79. The van der Waals surface area contributed by atoms with Gasteiger partial charge in [-0.2, -0.15) is 0 Å². The Balaban J connectivity index is 1.36. The summed E-state index contributed by atoms with van der Waals surface area (Å²) in [4.78, 5) is 12.9. The lowest BCUT2D eigenvalue weighted by atomic mass is 9.98. The number of methoxy groups -OCH3 is 1. The average Bonchev–Trinajstić information content (AvgIpc) is 3.24. The summed E-state index contributed by atoms with van der Waals surface area (Å²) in [6.45, 7) is 17.2. The Labute approximate surface area is 261 Å². The minimum absolute atomic E-state index is 0.0831. The Morgan fingerprint density at radius 2 is 1.66 bits per heavy atom. The summed E-state index contributed by atoms with van der Waals surface area (Å²) in [5.41, 5.74) is 9.85. The molecular weight excluding hydrogens is 544 g/mol. The first kappa shape index (κ1) is 30.7. The Morgan fingerprint density at radius 1 is 0.932 bits per heavy atom. The van der Waals surface area contributed by atoms with E-state index in [0.29, 0.717) is 5.56 Å². The maximum atomic E-state index is 12.9. The molecule has 0 aliphatic carbocycles. The van der Waals surface area contributed by atoms with Crippen LogP contribution >= 0.6 is 0 Å². The highest BCUT2D eigenvalue weighted by Gasteiger charge is 2.21. The molecule has 0 aliphatic heterocycles. The molecule has 0 radical (unpaired) electrons. The molecule has 5 rings (SSSR count). The van der Waals surface area contributed by atoms with Crippen molar-refractivity contribution in [3.63, 3.8) is 0 Å². The third-order valence-corrected chi connectivity index (χ3v) is 8.12. The Bertz CT molecular complexity index is 1820. The van der Waals surface area contributed by atoms with E-state index in [9.17, 15) is 4.79 Å². The second-order valence-corrected chi connectivity index (χ2v) is 12.4. The van der Waals surface area contributed by atoms with Gasteiger partial charge < -0.3 is 19.4 Å². The Morgan fingerprint density at radius 3 is 2.36 bits per heavy atom. The van der Waals surface area contributed by atoms with Gasteiger partial charge >= 0.3 is 5.97 Å². The molecule has 4 aromatic carbocycles. The van der Waals surface area contributed by atoms with Crippen LogP contribution in [0.2, 0.25) is 0 Å². The molecule has 5 heteroatoms. The molecule has 1 heterocycles. The number of fused-ring (bicyclic) bond motifs is 1. The molecule has 0 saturated heterocycles. The average molecular weight is 587 g/mol. The van der Waals surface area contributed by atoms with Crippen LogP contribution in [-0.4, -0.2) is 23.2 Å². The molecule has 5 nitrogen and oxygen atoms in total. The Hall–Kier alpha value is -4.77. The fraction of sp³-hybridized carbons (Fsp3) is 0.256. The van der Waals surface area contributed by atoms with E-state index in [1.807, 2.05) is 63.2 Å². The first-order valence-corrected chi connectivity index (χ1v) is 15.1. The molecule has 0 saturated carbocycles. The van der Waals surface area contributed by atoms with Crippen LogP contribution in [-0.2, 0) is 11.3 Å². The van der Waals surface area contributed by atoms with Crippen molar-refractivity contribution in [2.24, 2.45) is 0 Å². The van der Waals surface area contributed by atoms with Crippen LogP contribution in [0.25, 0.3) is 27.7 Å². The molecule has 0 unspecified atom stereocenters. The van der Waals surface area contributed by atoms with E-state index in [1.54, 1.807) is 7.11 Å². The van der Waals surface area contributed by atoms with Crippen molar-refractivity contribution in [2.45, 2.75) is 59.7 Å². The number of aromatic nitrogens is 1. The number of esters is 1. The fourth-order valence-corrected chi connectivity index (χ4v) is 5.60. The molecular formula is C39H42N2O3. The maximum Gasteiger partial charge on any atom is 0.339 e. The highest BCUT2D eigenvalue weighted by Crippen LogP contribution is 2.31. The summed E-state index contributed by atoms with van der Waals surface area (Å²) >= 11 is 0. The zero-order valence-electron chi connectivity index (χ0n) is 26.8. The van der Waals surface area contributed by atoms with Gasteiger partial charge in [0.1, 0.15) is 11.4 Å². The SMILES string of the molecule is C=C(N[C@@H](C)c1cccc(OC)c1)c1ccc2c(c1)c(C)c(C)n2Cc1ccc(-c2ccccc2C(=O)OC(C)(C)C)cc1. The second-order valence-electron chi connectivity index (χ2n) is 12.4. The maximum absolute atomic E-state index is 12.9. The zero-order chi connectivity index (χ0) is 31.6. The summed E-state index contributed by atoms with van der Waals surface area (Å²) in [7, 11) is 1.69. The minimum atomic E-state index is -0.552. The first-order chi connectivity index (χ1) is 20.9. The molecule has 226 valence electrons. The molecule has 0 bridgehead atoms. The summed E-state index contributed by atoms with van der Waals surface area (Å²) in [6, 6.07) is 30.8. The summed E-state index contributed by atoms with van der Waals surface area (Å²) < 4.78 is 13.4. The lowest BCUT2D eigenvalue weighted by molar-refractivity contribution is 0.00704. The van der Waals surface area contributed by atoms with Crippen LogP contribution < -0.4 is 10.1 Å². The smallest absolute Gasteiger partial charge is 0.339 e. The van der Waals surface area contributed by atoms with E-state index in [0.717, 1.165) is 40.2 Å². The molecule has 1 N–H and O–H groups in total. The van der Waals surface area contributed by atoms with Crippen molar-refractivity contribution < 1.29 is 14.3 Å². The van der Waals surface area contributed by atoms with Crippen molar-refractivity contribution in [2.75, 3.05) is 7.11 Å². The van der Waals surface area contributed by atoms with Gasteiger partial charge in [-0.1, -0.05) is 67.2 Å². The van der Waals surface area contributed by atoms with Crippen molar-refractivity contribution in [1.82, 2.24) is 9.88 Å². The predicted octanol–water partition coefficient (Wildman–Crippen LogP) is 9.26. The molecule has 1 aromatic heterocycles. The number of carbonyl (C=O) groups excluding carboxylic acids is 1. The van der Waals surface area contributed by atoms with Gasteiger partial charge in [0.15, 0.2) is 0 Å². The van der Waals surface area contributed by atoms with Gasteiger partial charge in [0, 0.05) is 34.9 Å². The first-order valence-electron chi connectivity index (χ1n) is 15.1. The topological polar surface area (TPSA) is 52.5 Å². The van der Waals surface area contributed by atoms with E-state index in [1.165, 1.54) is 27.7 Å². The van der Waals surface area contributed by atoms with Crippen LogP contribution in [0.5, 0.6) is 5.75 Å². The quantitative estimate of drug-likeness (QED) is 0.175. The van der Waals surface area contributed by atoms with Crippen molar-refractivity contribution in [1.29, 1.82) is 0 Å². The van der Waals surface area contributed by atoms with E-state index in [-0.39, 0.29) is 12.0 Å². The number of rotatable bonds is 9. The monoisotopic (exact) mass is 586 g/mol. The summed E-state index contributed by atoms with van der Waals surface area (Å²) in [6.07, 6.45) is 0. The van der Waals surface area contributed by atoms with Crippen LogP contribution in [0.3, 0.4) is 0 Å². The van der Waals surface area contributed by atoms with Crippen LogP contribution in [0.15, 0.2) is 97.6 Å². The summed E-state index contributed by atoms with van der Waals surface area (Å²) in [5.74, 6) is 0.532.